The van der Waals surface area contributed by atoms with Gasteiger partial charge in [-0.2, -0.15) is 0 Å². The van der Waals surface area contributed by atoms with Crippen LogP contribution in [0.2, 0.25) is 0 Å². The highest BCUT2D eigenvalue weighted by Crippen LogP contribution is 2.65. The number of nitrogens with zero attached hydrogens (tertiary/aromatic N) is 2. The van der Waals surface area contributed by atoms with Crippen LogP contribution in [0.1, 0.15) is 92.4 Å². The molecule has 4 aliphatic rings. The Morgan fingerprint density at radius 1 is 1.02 bits per heavy atom. The Bertz CT molecular complexity index is 1560. The maximum atomic E-state index is 14.4. The lowest BCUT2D eigenvalue weighted by atomic mass is 9.80. The second-order valence-corrected chi connectivity index (χ2v) is 18.3. The fraction of sp³-hybridized carbons (Fsp3) is 0.714. The second kappa shape index (κ2) is 13.6. The fourth-order valence-corrected chi connectivity index (χ4v) is 10.0. The summed E-state index contributed by atoms with van der Waals surface area (Å²) < 4.78 is 26.8. The molecule has 0 spiro atoms. The van der Waals surface area contributed by atoms with E-state index in [1.54, 1.807) is 12.1 Å². The molecule has 0 bridgehead atoms. The Kier molecular flexibility index (Phi) is 10.2. The number of carbonyl (C=O) groups is 5. The highest BCUT2D eigenvalue weighted by Gasteiger charge is 2.70. The van der Waals surface area contributed by atoms with Crippen molar-refractivity contribution in [1.82, 2.24) is 25.8 Å². The molecular weight excluding hydrogens is 648 g/mol. The van der Waals surface area contributed by atoms with E-state index in [0.717, 1.165) is 38.5 Å². The minimum Gasteiger partial charge on any atom is -0.363 e. The smallest absolute Gasteiger partial charge is 0.315 e. The average molecular weight is 701 g/mol. The van der Waals surface area contributed by atoms with E-state index < -0.39 is 68.5 Å². The lowest BCUT2D eigenvalue weighted by Gasteiger charge is -2.40. The summed E-state index contributed by atoms with van der Waals surface area (Å²) in [6.45, 7) is 9.82. The van der Waals surface area contributed by atoms with Gasteiger partial charge in [0.25, 0.3) is 5.91 Å². The molecule has 5 N–H and O–H groups in total. The topological polar surface area (TPSA) is 198 Å². The third kappa shape index (κ3) is 7.78. The molecule has 270 valence electrons. The molecule has 14 heteroatoms. The largest absolute Gasteiger partial charge is 0.363 e. The van der Waals surface area contributed by atoms with Crippen LogP contribution in [-0.2, 0) is 29.0 Å². The monoisotopic (exact) mass is 700 g/mol. The van der Waals surface area contributed by atoms with E-state index in [0.29, 0.717) is 25.8 Å². The Morgan fingerprint density at radius 2 is 1.69 bits per heavy atom. The minimum absolute atomic E-state index is 0.0425. The molecule has 1 aromatic rings. The van der Waals surface area contributed by atoms with E-state index in [-0.39, 0.29) is 33.9 Å². The Labute approximate surface area is 289 Å². The number of sulfone groups is 1. The Morgan fingerprint density at radius 3 is 2.24 bits per heavy atom. The Balaban J connectivity index is 1.35. The van der Waals surface area contributed by atoms with Crippen LogP contribution in [0.25, 0.3) is 0 Å². The highest BCUT2D eigenvalue weighted by molar-refractivity contribution is 7.91. The minimum atomic E-state index is -3.83. The molecule has 0 aromatic carbocycles. The van der Waals surface area contributed by atoms with Gasteiger partial charge in [0, 0.05) is 12.7 Å². The van der Waals surface area contributed by atoms with Crippen molar-refractivity contribution in [2.45, 2.75) is 121 Å². The number of carbonyl (C=O) groups excluding carboxylic acids is 5. The van der Waals surface area contributed by atoms with Crippen LogP contribution < -0.4 is 21.7 Å². The normalized spacial score (nSPS) is 25.6. The fourth-order valence-electron chi connectivity index (χ4n) is 8.26. The molecule has 2 unspecified atom stereocenters. The summed E-state index contributed by atoms with van der Waals surface area (Å²) in [5, 5.41) is 8.55. The van der Waals surface area contributed by atoms with Gasteiger partial charge < -0.3 is 26.6 Å². The van der Waals surface area contributed by atoms with Crippen molar-refractivity contribution in [3.63, 3.8) is 0 Å². The number of piperidine rings is 1. The number of nitrogens with one attached hydrogen (secondary N) is 3. The van der Waals surface area contributed by atoms with Gasteiger partial charge >= 0.3 is 6.03 Å². The molecule has 5 rings (SSSR count). The van der Waals surface area contributed by atoms with Crippen LogP contribution in [0.3, 0.4) is 0 Å². The maximum absolute atomic E-state index is 14.4. The van der Waals surface area contributed by atoms with Gasteiger partial charge in [-0.25, -0.2) is 18.2 Å². The van der Waals surface area contributed by atoms with E-state index in [9.17, 15) is 32.4 Å². The van der Waals surface area contributed by atoms with Gasteiger partial charge in [-0.15, -0.1) is 0 Å². The van der Waals surface area contributed by atoms with E-state index in [2.05, 4.69) is 20.9 Å². The first-order chi connectivity index (χ1) is 22.9. The molecule has 4 fully saturated rings. The number of primary amides is 1. The molecule has 2 heterocycles. The molecule has 5 atom stereocenters. The molecule has 0 radical (unpaired) electrons. The molecule has 13 nitrogen and oxygen atoms in total. The summed E-state index contributed by atoms with van der Waals surface area (Å²) in [5.74, 6) is -3.15. The van der Waals surface area contributed by atoms with Crippen molar-refractivity contribution in [2.75, 3.05) is 12.3 Å². The molecule has 49 heavy (non-hydrogen) atoms. The summed E-state index contributed by atoms with van der Waals surface area (Å²) in [6, 6.07) is 0.990. The van der Waals surface area contributed by atoms with Gasteiger partial charge in [0.1, 0.15) is 12.1 Å². The lowest BCUT2D eigenvalue weighted by molar-refractivity contribution is -0.145. The predicted molar refractivity (Wildman–Crippen MR) is 181 cm³/mol. The van der Waals surface area contributed by atoms with Crippen LogP contribution in [0.4, 0.5) is 4.79 Å². The summed E-state index contributed by atoms with van der Waals surface area (Å²) in [5.41, 5.74) is 3.29. The van der Waals surface area contributed by atoms with Gasteiger partial charge in [-0.05, 0) is 60.0 Å². The van der Waals surface area contributed by atoms with Crippen molar-refractivity contribution in [3.05, 3.63) is 24.4 Å². The number of rotatable bonds is 12. The number of aromatic nitrogens is 1. The van der Waals surface area contributed by atoms with E-state index >= 15 is 0 Å². The summed E-state index contributed by atoms with van der Waals surface area (Å²) in [4.78, 5) is 72.3. The number of hydrogen-bond acceptors (Lipinski definition) is 8. The van der Waals surface area contributed by atoms with E-state index in [4.69, 9.17) is 5.73 Å². The van der Waals surface area contributed by atoms with Crippen molar-refractivity contribution >= 4 is 39.4 Å². The zero-order valence-corrected chi connectivity index (χ0v) is 30.1. The highest BCUT2D eigenvalue weighted by atomic mass is 32.2. The van der Waals surface area contributed by atoms with Crippen LogP contribution in [0.5, 0.6) is 0 Å². The van der Waals surface area contributed by atoms with E-state index in [1.807, 2.05) is 34.6 Å². The quantitative estimate of drug-likeness (QED) is 0.239. The summed E-state index contributed by atoms with van der Waals surface area (Å²) in [7, 11) is -3.83. The first kappa shape index (κ1) is 36.7. The van der Waals surface area contributed by atoms with Crippen LogP contribution in [0, 0.1) is 28.6 Å². The van der Waals surface area contributed by atoms with Crippen LogP contribution >= 0.6 is 0 Å². The van der Waals surface area contributed by atoms with E-state index in [1.165, 1.54) is 17.2 Å². The molecular formula is C35H52N6O7S. The number of Topliss-reactive ketones (excluding diaryl/α,β-unsaturated/α-hetero) is 1. The molecule has 1 aliphatic heterocycles. The number of amides is 5. The predicted octanol–water partition coefficient (Wildman–Crippen LogP) is 2.48. The number of hydrogen-bond donors (Lipinski definition) is 4. The van der Waals surface area contributed by atoms with Gasteiger partial charge in [0.05, 0.1) is 17.3 Å². The molecule has 1 saturated heterocycles. The molecule has 3 aliphatic carbocycles. The summed E-state index contributed by atoms with van der Waals surface area (Å²) >= 11 is 0. The zero-order valence-electron chi connectivity index (χ0n) is 29.3. The summed E-state index contributed by atoms with van der Waals surface area (Å²) in [6.07, 6.45) is 7.88. The third-order valence-corrected chi connectivity index (χ3v) is 13.2. The van der Waals surface area contributed by atoms with Crippen molar-refractivity contribution in [1.29, 1.82) is 0 Å². The molecule has 3 saturated carbocycles. The van der Waals surface area contributed by atoms with Crippen molar-refractivity contribution in [2.24, 2.45) is 34.3 Å². The van der Waals surface area contributed by atoms with Gasteiger partial charge in [0.15, 0.2) is 14.9 Å². The number of nitrogens with two attached hydrogens (primary N) is 1. The van der Waals surface area contributed by atoms with Crippen molar-refractivity contribution in [3.8, 4) is 0 Å². The number of ketones is 1. The number of pyridine rings is 1. The number of urea groups is 1. The van der Waals surface area contributed by atoms with Gasteiger partial charge in [0.2, 0.25) is 17.6 Å². The first-order valence-corrected chi connectivity index (χ1v) is 19.2. The third-order valence-electron chi connectivity index (χ3n) is 11.4. The zero-order chi connectivity index (χ0) is 35.9. The van der Waals surface area contributed by atoms with Gasteiger partial charge in [-0.1, -0.05) is 79.2 Å². The first-order valence-electron chi connectivity index (χ1n) is 17.5. The maximum Gasteiger partial charge on any atom is 0.315 e. The number of fused-ring (bicyclic) bond motifs is 1. The molecule has 5 amide bonds. The van der Waals surface area contributed by atoms with Crippen LogP contribution in [0.15, 0.2) is 29.4 Å². The average Bonchev–Trinajstić information content (AvgIpc) is 3.31. The SMILES string of the molecule is CC(C)(C)[C@H](NC(=O)NC1(CS(=O)(=O)c2ccccn2)CCCCC1)C(=O)N1CC2[C@@H]([C@H]1C(=O)NC(CC1CCC1)C(=O)C(N)=O)C2(C)C. The molecule has 1 aromatic heterocycles. The van der Waals surface area contributed by atoms with Gasteiger partial charge in [-0.3, -0.25) is 19.2 Å². The van der Waals surface area contributed by atoms with Crippen LogP contribution in [-0.4, -0.2) is 83.8 Å². The Hall–Kier alpha value is -3.55. The van der Waals surface area contributed by atoms with Crippen molar-refractivity contribution < 1.29 is 32.4 Å². The number of likely N-dealkylation sites (tertiary alicyclic amines) is 1. The lowest BCUT2D eigenvalue weighted by Crippen LogP contribution is -2.64. The second-order valence-electron chi connectivity index (χ2n) is 16.4. The standard InChI is InChI=1S/C35H52N6O7S/c1-33(2,3)28(39-32(46)40-35(15-8-6-9-16-35)20-49(47,48)24-14-7-10-17-37-24)31(45)41-19-22-25(34(22,4)5)26(41)30(44)38-23(27(42)29(36)43)18-21-12-11-13-21/h7,10,14,17,21-23,25-26,28H,6,8-9,11-13,15-16,18-20H2,1-5H3,(H2,36,43)(H,38,44)(H2,39,40,46)/t22?,23?,25-,26-,28+/m0/s1.